The van der Waals surface area contributed by atoms with Gasteiger partial charge in [0.1, 0.15) is 11.9 Å². The number of carbonyl (C=O) groups excluding carboxylic acids is 2. The van der Waals surface area contributed by atoms with E-state index in [1.54, 1.807) is 49.4 Å². The van der Waals surface area contributed by atoms with Gasteiger partial charge in [0, 0.05) is 21.7 Å². The van der Waals surface area contributed by atoms with E-state index in [-0.39, 0.29) is 5.78 Å². The third kappa shape index (κ3) is 3.46. The van der Waals surface area contributed by atoms with Crippen molar-refractivity contribution in [2.75, 3.05) is 0 Å². The molecule has 0 aliphatic carbocycles. The molecule has 5 heteroatoms. The normalized spacial score (nSPS) is 11.8. The molecule has 0 saturated carbocycles. The van der Waals surface area contributed by atoms with Gasteiger partial charge >= 0.3 is 0 Å². The highest BCUT2D eigenvalue weighted by atomic mass is 35.5. The quantitative estimate of drug-likeness (QED) is 0.794. The van der Waals surface area contributed by atoms with Crippen molar-refractivity contribution in [3.8, 4) is 5.75 Å². The molecule has 2 aromatic rings. The van der Waals surface area contributed by atoms with Crippen LogP contribution in [0.15, 0.2) is 42.5 Å². The highest BCUT2D eigenvalue weighted by Gasteiger charge is 2.16. The number of hydrogen-bond acceptors (Lipinski definition) is 4. The zero-order chi connectivity index (χ0) is 16.3. The lowest BCUT2D eigenvalue weighted by Gasteiger charge is -2.18. The number of carbonyl (C=O) groups is 2. The second kappa shape index (κ2) is 6.62. The Morgan fingerprint density at radius 2 is 1.77 bits per heavy atom. The first-order valence-electron chi connectivity index (χ1n) is 6.67. The van der Waals surface area contributed by atoms with E-state index in [0.717, 1.165) is 0 Å². The molecule has 22 heavy (non-hydrogen) atoms. The largest absolute Gasteiger partial charge is 0.546 e. The molecule has 0 heterocycles. The fourth-order valence-corrected chi connectivity index (χ4v) is 2.11. The maximum absolute atomic E-state index is 12.5. The SMILES string of the molecule is Cc1c(O[C@H](C)C(=O)[O-])cccc1C(=O)c1ccc(Cl)cc1. The van der Waals surface area contributed by atoms with Gasteiger partial charge in [0.2, 0.25) is 0 Å². The maximum atomic E-state index is 12.5. The van der Waals surface area contributed by atoms with E-state index in [4.69, 9.17) is 16.3 Å². The lowest BCUT2D eigenvalue weighted by molar-refractivity contribution is -0.312. The van der Waals surface area contributed by atoms with E-state index in [0.29, 0.717) is 27.5 Å². The number of carboxylic acids is 1. The van der Waals surface area contributed by atoms with Gasteiger partial charge in [-0.25, -0.2) is 0 Å². The van der Waals surface area contributed by atoms with Crippen molar-refractivity contribution in [2.45, 2.75) is 20.0 Å². The van der Waals surface area contributed by atoms with Gasteiger partial charge < -0.3 is 14.6 Å². The first-order valence-corrected chi connectivity index (χ1v) is 7.05. The number of benzene rings is 2. The van der Waals surface area contributed by atoms with Crippen LogP contribution in [0.4, 0.5) is 0 Å². The second-order valence-electron chi connectivity index (χ2n) is 4.84. The Hall–Kier alpha value is -2.33. The summed E-state index contributed by atoms with van der Waals surface area (Å²) >= 11 is 5.81. The Balaban J connectivity index is 2.34. The first kappa shape index (κ1) is 16.0. The molecule has 0 amide bonds. The van der Waals surface area contributed by atoms with Crippen LogP contribution in [-0.2, 0) is 4.79 Å². The molecule has 2 aromatic carbocycles. The second-order valence-corrected chi connectivity index (χ2v) is 5.28. The van der Waals surface area contributed by atoms with Gasteiger partial charge in [-0.3, -0.25) is 4.79 Å². The number of hydrogen-bond donors (Lipinski definition) is 0. The summed E-state index contributed by atoms with van der Waals surface area (Å²) in [5.74, 6) is -1.15. The van der Waals surface area contributed by atoms with Crippen LogP contribution in [0.5, 0.6) is 5.75 Å². The van der Waals surface area contributed by atoms with Crippen LogP contribution < -0.4 is 9.84 Å². The average molecular weight is 318 g/mol. The molecule has 0 aliphatic heterocycles. The summed E-state index contributed by atoms with van der Waals surface area (Å²) < 4.78 is 5.32. The van der Waals surface area contributed by atoms with Crippen LogP contribution in [0.25, 0.3) is 0 Å². The highest BCUT2D eigenvalue weighted by Crippen LogP contribution is 2.25. The minimum Gasteiger partial charge on any atom is -0.546 e. The Bertz CT molecular complexity index is 707. The molecule has 2 rings (SSSR count). The van der Waals surface area contributed by atoms with Crippen molar-refractivity contribution in [2.24, 2.45) is 0 Å². The molecule has 0 aromatic heterocycles. The number of ether oxygens (including phenoxy) is 1. The monoisotopic (exact) mass is 317 g/mol. The summed E-state index contributed by atoms with van der Waals surface area (Å²) in [5.41, 5.74) is 1.53. The van der Waals surface area contributed by atoms with Gasteiger partial charge in [0.05, 0.1) is 5.97 Å². The smallest absolute Gasteiger partial charge is 0.193 e. The Kier molecular flexibility index (Phi) is 4.83. The van der Waals surface area contributed by atoms with Crippen LogP contribution in [0.1, 0.15) is 28.4 Å². The molecule has 0 N–H and O–H groups in total. The van der Waals surface area contributed by atoms with Crippen molar-refractivity contribution in [3.63, 3.8) is 0 Å². The minimum atomic E-state index is -1.31. The Morgan fingerprint density at radius 3 is 2.36 bits per heavy atom. The molecular weight excluding hydrogens is 304 g/mol. The molecule has 0 radical (unpaired) electrons. The van der Waals surface area contributed by atoms with E-state index in [9.17, 15) is 14.7 Å². The van der Waals surface area contributed by atoms with E-state index >= 15 is 0 Å². The van der Waals surface area contributed by atoms with Gasteiger partial charge in [-0.05, 0) is 44.2 Å². The zero-order valence-corrected chi connectivity index (χ0v) is 12.9. The summed E-state index contributed by atoms with van der Waals surface area (Å²) in [7, 11) is 0. The van der Waals surface area contributed by atoms with Gasteiger partial charge in [-0.15, -0.1) is 0 Å². The molecule has 0 spiro atoms. The van der Waals surface area contributed by atoms with E-state index < -0.39 is 12.1 Å². The molecule has 4 nitrogen and oxygen atoms in total. The van der Waals surface area contributed by atoms with Crippen LogP contribution in [0.3, 0.4) is 0 Å². The molecule has 0 saturated heterocycles. The lowest BCUT2D eigenvalue weighted by Crippen LogP contribution is -2.37. The van der Waals surface area contributed by atoms with E-state index in [1.807, 2.05) is 0 Å². The molecular formula is C17H14ClO4-. The van der Waals surface area contributed by atoms with Gasteiger partial charge in [0.15, 0.2) is 5.78 Å². The summed E-state index contributed by atoms with van der Waals surface area (Å²) in [4.78, 5) is 23.3. The molecule has 0 fully saturated rings. The number of halogens is 1. The summed E-state index contributed by atoms with van der Waals surface area (Å²) in [6.07, 6.45) is -1.10. The molecule has 0 aliphatic rings. The Morgan fingerprint density at radius 1 is 1.14 bits per heavy atom. The number of aliphatic carboxylic acids is 1. The van der Waals surface area contributed by atoms with Crippen LogP contribution in [-0.4, -0.2) is 17.9 Å². The van der Waals surface area contributed by atoms with Gasteiger partial charge in [-0.1, -0.05) is 23.7 Å². The third-order valence-electron chi connectivity index (χ3n) is 3.27. The maximum Gasteiger partial charge on any atom is 0.193 e. The highest BCUT2D eigenvalue weighted by molar-refractivity contribution is 6.30. The predicted octanol–water partition coefficient (Wildman–Crippen LogP) is 2.40. The number of ketones is 1. The van der Waals surface area contributed by atoms with Crippen LogP contribution in [0, 0.1) is 6.92 Å². The molecule has 114 valence electrons. The average Bonchev–Trinajstić information content (AvgIpc) is 2.49. The minimum absolute atomic E-state index is 0.180. The predicted molar refractivity (Wildman–Crippen MR) is 81.2 cm³/mol. The molecule has 0 bridgehead atoms. The third-order valence-corrected chi connectivity index (χ3v) is 3.52. The van der Waals surface area contributed by atoms with E-state index in [2.05, 4.69) is 0 Å². The van der Waals surface area contributed by atoms with Crippen LogP contribution in [0.2, 0.25) is 5.02 Å². The van der Waals surface area contributed by atoms with Gasteiger partial charge in [0.25, 0.3) is 0 Å². The van der Waals surface area contributed by atoms with Crippen molar-refractivity contribution < 1.29 is 19.4 Å². The summed E-state index contributed by atoms with van der Waals surface area (Å²) in [5, 5.41) is 11.3. The van der Waals surface area contributed by atoms with Crippen molar-refractivity contribution >= 4 is 23.4 Å². The summed E-state index contributed by atoms with van der Waals surface area (Å²) in [6, 6.07) is 11.5. The topological polar surface area (TPSA) is 66.4 Å². The fourth-order valence-electron chi connectivity index (χ4n) is 1.98. The van der Waals surface area contributed by atoms with Gasteiger partial charge in [-0.2, -0.15) is 0 Å². The Labute approximate surface area is 133 Å². The number of carboxylic acid groups (broad SMARTS) is 1. The standard InChI is InChI=1S/C17H15ClO4/c1-10-14(16(19)12-6-8-13(18)9-7-12)4-3-5-15(10)22-11(2)17(20)21/h3-9,11H,1-2H3,(H,20,21)/p-1/t11-/m1/s1. The van der Waals surface area contributed by atoms with E-state index in [1.165, 1.54) is 6.92 Å². The molecule has 1 atom stereocenters. The van der Waals surface area contributed by atoms with Crippen molar-refractivity contribution in [1.82, 2.24) is 0 Å². The summed E-state index contributed by atoms with van der Waals surface area (Å²) in [6.45, 7) is 3.09. The first-order chi connectivity index (χ1) is 10.4. The molecule has 0 unspecified atom stereocenters. The fraction of sp³-hybridized carbons (Fsp3) is 0.176. The van der Waals surface area contributed by atoms with Crippen molar-refractivity contribution in [3.05, 3.63) is 64.2 Å². The number of rotatable bonds is 5. The lowest BCUT2D eigenvalue weighted by atomic mass is 9.98. The van der Waals surface area contributed by atoms with Crippen LogP contribution >= 0.6 is 11.6 Å². The zero-order valence-electron chi connectivity index (χ0n) is 12.1. The van der Waals surface area contributed by atoms with Crippen molar-refractivity contribution in [1.29, 1.82) is 0 Å².